The Morgan fingerprint density at radius 2 is 2.25 bits per heavy atom. The number of anilines is 1. The quantitative estimate of drug-likeness (QED) is 0.820. The molecule has 8 nitrogen and oxygen atoms in total. The first-order chi connectivity index (χ1) is 13.6. The highest BCUT2D eigenvalue weighted by atomic mass is 16.5. The van der Waals surface area contributed by atoms with Crippen LogP contribution in [-0.2, 0) is 9.47 Å². The summed E-state index contributed by atoms with van der Waals surface area (Å²) in [6.45, 7) is 6.64. The van der Waals surface area contributed by atoms with Gasteiger partial charge in [-0.05, 0) is 50.5 Å². The van der Waals surface area contributed by atoms with Crippen molar-refractivity contribution in [3.8, 4) is 11.5 Å². The van der Waals surface area contributed by atoms with Crippen LogP contribution in [0.25, 0.3) is 11.5 Å². The van der Waals surface area contributed by atoms with Crippen molar-refractivity contribution in [3.05, 3.63) is 29.6 Å². The maximum Gasteiger partial charge on any atom is 0.322 e. The largest absolute Gasteiger partial charge is 0.379 e. The molecule has 8 heteroatoms. The van der Waals surface area contributed by atoms with Crippen LogP contribution in [0.5, 0.6) is 0 Å². The van der Waals surface area contributed by atoms with Crippen LogP contribution in [0.1, 0.15) is 37.1 Å². The molecule has 28 heavy (non-hydrogen) atoms. The number of nitrogens with one attached hydrogen (secondary N) is 1. The summed E-state index contributed by atoms with van der Waals surface area (Å²) < 4.78 is 16.4. The lowest BCUT2D eigenvalue weighted by atomic mass is 10.1. The van der Waals surface area contributed by atoms with Crippen LogP contribution in [0.15, 0.2) is 22.7 Å². The minimum absolute atomic E-state index is 0.0823. The Labute approximate surface area is 164 Å². The lowest BCUT2D eigenvalue weighted by molar-refractivity contribution is -0.0555. The molecule has 0 radical (unpaired) electrons. The summed E-state index contributed by atoms with van der Waals surface area (Å²) in [5.74, 6) is 1.77. The topological polar surface area (TPSA) is 89.7 Å². The summed E-state index contributed by atoms with van der Waals surface area (Å²) in [7, 11) is 0. The number of hydrogen-bond donors (Lipinski definition) is 1. The Hall–Kier alpha value is -2.45. The number of rotatable bonds is 6. The summed E-state index contributed by atoms with van der Waals surface area (Å²) in [5.41, 5.74) is 2.57. The number of hydrogen-bond acceptors (Lipinski definition) is 6. The van der Waals surface area contributed by atoms with Gasteiger partial charge in [0.05, 0.1) is 25.9 Å². The number of carbonyl (C=O) groups is 1. The Bertz CT molecular complexity index is 833. The molecule has 1 aromatic carbocycles. The second-order valence-electron chi connectivity index (χ2n) is 7.29. The predicted molar refractivity (Wildman–Crippen MR) is 103 cm³/mol. The molecule has 2 heterocycles. The fraction of sp³-hybridized carbons (Fsp3) is 0.550. The van der Waals surface area contributed by atoms with Gasteiger partial charge in [-0.25, -0.2) is 4.79 Å². The highest BCUT2D eigenvalue weighted by molar-refractivity contribution is 5.90. The zero-order chi connectivity index (χ0) is 19.5. The van der Waals surface area contributed by atoms with Crippen molar-refractivity contribution in [2.24, 2.45) is 0 Å². The molecule has 2 fully saturated rings. The van der Waals surface area contributed by atoms with E-state index in [2.05, 4.69) is 15.5 Å². The molecular formula is C20H26N4O4. The Morgan fingerprint density at radius 1 is 1.39 bits per heavy atom. The summed E-state index contributed by atoms with van der Waals surface area (Å²) in [5, 5.41) is 7.05. The number of carbonyl (C=O) groups excluding carboxylic acids is 1. The molecule has 1 aliphatic carbocycles. The maximum absolute atomic E-state index is 12.7. The van der Waals surface area contributed by atoms with Crippen LogP contribution in [0.2, 0.25) is 0 Å². The van der Waals surface area contributed by atoms with Crippen molar-refractivity contribution >= 4 is 11.7 Å². The maximum atomic E-state index is 12.7. The van der Waals surface area contributed by atoms with Gasteiger partial charge in [-0.1, -0.05) is 5.16 Å². The fourth-order valence-electron chi connectivity index (χ4n) is 3.24. The highest BCUT2D eigenvalue weighted by Crippen LogP contribution is 2.39. The number of aryl methyl sites for hydroxylation is 1. The number of ether oxygens (including phenoxy) is 2. The van der Waals surface area contributed by atoms with Crippen LogP contribution >= 0.6 is 0 Å². The van der Waals surface area contributed by atoms with Crippen molar-refractivity contribution in [1.82, 2.24) is 15.0 Å². The number of morpholine rings is 1. The van der Waals surface area contributed by atoms with Gasteiger partial charge >= 0.3 is 6.03 Å². The lowest BCUT2D eigenvalue weighted by Gasteiger charge is -2.32. The minimum Gasteiger partial charge on any atom is -0.379 e. The number of amides is 2. The number of nitrogens with zero attached hydrogens (tertiary/aromatic N) is 3. The number of urea groups is 1. The van der Waals surface area contributed by atoms with Gasteiger partial charge in [0.15, 0.2) is 5.82 Å². The average molecular weight is 386 g/mol. The molecule has 4 rings (SSSR count). The molecular weight excluding hydrogens is 360 g/mol. The van der Waals surface area contributed by atoms with Crippen molar-refractivity contribution in [2.75, 3.05) is 38.2 Å². The average Bonchev–Trinajstić information content (AvgIpc) is 3.45. The summed E-state index contributed by atoms with van der Waals surface area (Å²) >= 11 is 0. The van der Waals surface area contributed by atoms with Crippen LogP contribution < -0.4 is 5.32 Å². The Kier molecular flexibility index (Phi) is 5.59. The Balaban J connectivity index is 1.39. The van der Waals surface area contributed by atoms with Crippen LogP contribution in [0, 0.1) is 6.92 Å². The summed E-state index contributed by atoms with van der Waals surface area (Å²) in [6, 6.07) is 5.59. The molecule has 0 bridgehead atoms. The van der Waals surface area contributed by atoms with Crippen LogP contribution in [0.3, 0.4) is 0 Å². The third kappa shape index (κ3) is 4.34. The van der Waals surface area contributed by atoms with E-state index in [0.29, 0.717) is 44.7 Å². The highest BCUT2D eigenvalue weighted by Gasteiger charge is 2.29. The van der Waals surface area contributed by atoms with Crippen LogP contribution in [-0.4, -0.2) is 60.1 Å². The molecule has 1 aliphatic heterocycles. The Morgan fingerprint density at radius 3 is 3.00 bits per heavy atom. The van der Waals surface area contributed by atoms with Crippen molar-refractivity contribution in [3.63, 3.8) is 0 Å². The fourth-order valence-corrected chi connectivity index (χ4v) is 3.24. The van der Waals surface area contributed by atoms with Gasteiger partial charge in [0.2, 0.25) is 0 Å². The molecule has 150 valence electrons. The summed E-state index contributed by atoms with van der Waals surface area (Å²) in [6.07, 6.45) is 2.19. The minimum atomic E-state index is -0.130. The monoisotopic (exact) mass is 386 g/mol. The van der Waals surface area contributed by atoms with Gasteiger partial charge in [0.25, 0.3) is 5.89 Å². The molecule has 0 spiro atoms. The van der Waals surface area contributed by atoms with Crippen molar-refractivity contribution < 1.29 is 18.8 Å². The number of aromatic nitrogens is 2. The molecule has 1 N–H and O–H groups in total. The molecule has 1 atom stereocenters. The van der Waals surface area contributed by atoms with E-state index >= 15 is 0 Å². The normalized spacial score (nSPS) is 19.6. The van der Waals surface area contributed by atoms with E-state index in [1.807, 2.05) is 32.0 Å². The predicted octanol–water partition coefficient (Wildman–Crippen LogP) is 3.19. The van der Waals surface area contributed by atoms with Gasteiger partial charge < -0.3 is 24.2 Å². The molecule has 2 amide bonds. The van der Waals surface area contributed by atoms with Gasteiger partial charge in [0.1, 0.15) is 0 Å². The zero-order valence-corrected chi connectivity index (χ0v) is 16.3. The van der Waals surface area contributed by atoms with Crippen molar-refractivity contribution in [1.29, 1.82) is 0 Å². The van der Waals surface area contributed by atoms with Gasteiger partial charge in [-0.15, -0.1) is 0 Å². The lowest BCUT2D eigenvalue weighted by Crippen LogP contribution is -2.48. The first kappa shape index (κ1) is 18.9. The molecule has 1 aromatic heterocycles. The molecule has 1 saturated heterocycles. The van der Waals surface area contributed by atoms with Gasteiger partial charge in [-0.2, -0.15) is 4.98 Å². The van der Waals surface area contributed by atoms with E-state index in [1.165, 1.54) is 0 Å². The smallest absolute Gasteiger partial charge is 0.322 e. The molecule has 1 unspecified atom stereocenters. The van der Waals surface area contributed by atoms with Crippen LogP contribution in [0.4, 0.5) is 10.5 Å². The molecule has 2 aromatic rings. The third-order valence-corrected chi connectivity index (χ3v) is 5.03. The van der Waals surface area contributed by atoms with Gasteiger partial charge in [-0.3, -0.25) is 0 Å². The second kappa shape index (κ2) is 8.28. The van der Waals surface area contributed by atoms with E-state index in [0.717, 1.165) is 35.5 Å². The summed E-state index contributed by atoms with van der Waals surface area (Å²) in [4.78, 5) is 18.9. The second-order valence-corrected chi connectivity index (χ2v) is 7.29. The SMILES string of the molecule is CCOCC1CN(C(=O)Nc2ccc(-c3nc(C4CC4)no3)cc2C)CCO1. The standard InChI is InChI=1S/C20H26N4O4/c1-3-26-12-16-11-24(8-9-27-16)20(25)21-17-7-6-15(10-13(17)2)19-22-18(23-28-19)14-4-5-14/h6-7,10,14,16H,3-5,8-9,11-12H2,1-2H3,(H,21,25). The van der Waals surface area contributed by atoms with E-state index in [1.54, 1.807) is 4.90 Å². The van der Waals surface area contributed by atoms with Crippen molar-refractivity contribution in [2.45, 2.75) is 38.7 Å². The molecule has 2 aliphatic rings. The van der Waals surface area contributed by atoms with Gasteiger partial charge in [0, 0.05) is 30.3 Å². The zero-order valence-electron chi connectivity index (χ0n) is 16.3. The molecule has 1 saturated carbocycles. The van der Waals surface area contributed by atoms with E-state index in [9.17, 15) is 4.79 Å². The van der Waals surface area contributed by atoms with E-state index < -0.39 is 0 Å². The third-order valence-electron chi connectivity index (χ3n) is 5.03. The van der Waals surface area contributed by atoms with E-state index in [-0.39, 0.29) is 12.1 Å². The first-order valence-electron chi connectivity index (χ1n) is 9.84. The first-order valence-corrected chi connectivity index (χ1v) is 9.84. The van der Waals surface area contributed by atoms with E-state index in [4.69, 9.17) is 14.0 Å². The number of benzene rings is 1.